The summed E-state index contributed by atoms with van der Waals surface area (Å²) >= 11 is 0. The SMILES string of the molecule is C[C@@]1(NC(=O)c2ccc3c(c2)C[C@@H](c2ccccc2)OC3=O)CCS(=O)(=O)C1. The molecule has 2 aromatic rings. The maximum Gasteiger partial charge on any atom is 0.339 e. The molecule has 2 aliphatic rings. The molecule has 2 heterocycles. The molecule has 2 atom stereocenters. The van der Waals surface area contributed by atoms with Crippen molar-refractivity contribution in [2.75, 3.05) is 11.5 Å². The van der Waals surface area contributed by atoms with Gasteiger partial charge in [-0.25, -0.2) is 13.2 Å². The first-order valence-electron chi connectivity index (χ1n) is 9.17. The summed E-state index contributed by atoms with van der Waals surface area (Å²) in [6.07, 6.45) is 0.490. The molecule has 0 radical (unpaired) electrons. The molecule has 0 bridgehead atoms. The molecule has 2 aliphatic heterocycles. The van der Waals surface area contributed by atoms with Gasteiger partial charge in [-0.2, -0.15) is 0 Å². The molecule has 0 aromatic heterocycles. The summed E-state index contributed by atoms with van der Waals surface area (Å²) in [7, 11) is -3.12. The molecule has 146 valence electrons. The molecule has 0 saturated carbocycles. The van der Waals surface area contributed by atoms with E-state index < -0.39 is 27.4 Å². The topological polar surface area (TPSA) is 89.5 Å². The van der Waals surface area contributed by atoms with Crippen LogP contribution in [0.2, 0.25) is 0 Å². The summed E-state index contributed by atoms with van der Waals surface area (Å²) in [4.78, 5) is 25.1. The molecule has 0 aliphatic carbocycles. The maximum atomic E-state index is 12.7. The number of cyclic esters (lactones) is 1. The molecular formula is C21H21NO5S. The van der Waals surface area contributed by atoms with Gasteiger partial charge >= 0.3 is 5.97 Å². The highest BCUT2D eigenvalue weighted by Crippen LogP contribution is 2.31. The fourth-order valence-electron chi connectivity index (χ4n) is 3.85. The molecule has 1 saturated heterocycles. The number of amides is 1. The molecular weight excluding hydrogens is 378 g/mol. The predicted octanol–water partition coefficient (Wildman–Crippen LogP) is 2.45. The Hall–Kier alpha value is -2.67. The Balaban J connectivity index is 1.57. The summed E-state index contributed by atoms with van der Waals surface area (Å²) in [5.41, 5.74) is 1.75. The molecule has 2 aromatic carbocycles. The fraction of sp³-hybridized carbons (Fsp3) is 0.333. The monoisotopic (exact) mass is 399 g/mol. The number of carbonyl (C=O) groups excluding carboxylic acids is 2. The Morgan fingerprint density at radius 3 is 2.61 bits per heavy atom. The Morgan fingerprint density at radius 2 is 1.93 bits per heavy atom. The van der Waals surface area contributed by atoms with E-state index in [0.717, 1.165) is 11.1 Å². The van der Waals surface area contributed by atoms with E-state index in [4.69, 9.17) is 4.74 Å². The first-order valence-corrected chi connectivity index (χ1v) is 11.0. The predicted molar refractivity (Wildman–Crippen MR) is 104 cm³/mol. The first-order chi connectivity index (χ1) is 13.2. The number of esters is 1. The van der Waals surface area contributed by atoms with Crippen molar-refractivity contribution in [2.45, 2.75) is 31.4 Å². The van der Waals surface area contributed by atoms with Crippen LogP contribution in [0, 0.1) is 0 Å². The third-order valence-electron chi connectivity index (χ3n) is 5.33. The quantitative estimate of drug-likeness (QED) is 0.801. The Bertz CT molecular complexity index is 1050. The number of sulfone groups is 1. The van der Waals surface area contributed by atoms with E-state index >= 15 is 0 Å². The van der Waals surface area contributed by atoms with Crippen molar-refractivity contribution >= 4 is 21.7 Å². The summed E-state index contributed by atoms with van der Waals surface area (Å²) in [5, 5.41) is 2.85. The van der Waals surface area contributed by atoms with Crippen LogP contribution in [0.1, 0.15) is 51.3 Å². The number of nitrogens with one attached hydrogen (secondary N) is 1. The van der Waals surface area contributed by atoms with Gasteiger partial charge in [0, 0.05) is 12.0 Å². The third-order valence-corrected chi connectivity index (χ3v) is 7.24. The van der Waals surface area contributed by atoms with Crippen molar-refractivity contribution in [2.24, 2.45) is 0 Å². The Morgan fingerprint density at radius 1 is 1.18 bits per heavy atom. The van der Waals surface area contributed by atoms with Gasteiger partial charge in [-0.1, -0.05) is 30.3 Å². The highest BCUT2D eigenvalue weighted by atomic mass is 32.2. The van der Waals surface area contributed by atoms with Crippen molar-refractivity contribution < 1.29 is 22.7 Å². The second kappa shape index (κ2) is 6.74. The summed E-state index contributed by atoms with van der Waals surface area (Å²) < 4.78 is 29.1. The summed E-state index contributed by atoms with van der Waals surface area (Å²) in [6.45, 7) is 1.75. The molecule has 0 spiro atoms. The van der Waals surface area contributed by atoms with E-state index in [-0.39, 0.29) is 17.4 Å². The van der Waals surface area contributed by atoms with Crippen LogP contribution in [-0.2, 0) is 21.0 Å². The van der Waals surface area contributed by atoms with Crippen LogP contribution in [0.15, 0.2) is 48.5 Å². The maximum absolute atomic E-state index is 12.7. The number of hydrogen-bond acceptors (Lipinski definition) is 5. The summed E-state index contributed by atoms with van der Waals surface area (Å²) in [6, 6.07) is 14.4. The van der Waals surface area contributed by atoms with E-state index in [9.17, 15) is 18.0 Å². The van der Waals surface area contributed by atoms with Gasteiger partial charge < -0.3 is 10.1 Å². The zero-order valence-corrected chi connectivity index (χ0v) is 16.3. The highest BCUT2D eigenvalue weighted by molar-refractivity contribution is 7.91. The van der Waals surface area contributed by atoms with Gasteiger partial charge in [0.05, 0.1) is 22.6 Å². The number of carbonyl (C=O) groups is 2. The van der Waals surface area contributed by atoms with Gasteiger partial charge in [0.15, 0.2) is 9.84 Å². The van der Waals surface area contributed by atoms with Crippen LogP contribution < -0.4 is 5.32 Å². The van der Waals surface area contributed by atoms with E-state index in [1.165, 1.54) is 0 Å². The van der Waals surface area contributed by atoms with Gasteiger partial charge in [0.25, 0.3) is 5.91 Å². The molecule has 0 unspecified atom stereocenters. The Labute approximate surface area is 163 Å². The lowest BCUT2D eigenvalue weighted by atomic mass is 9.92. The first kappa shape index (κ1) is 18.7. The number of ether oxygens (including phenoxy) is 1. The number of fused-ring (bicyclic) bond motifs is 1. The molecule has 1 fully saturated rings. The van der Waals surface area contributed by atoms with Crippen LogP contribution in [0.4, 0.5) is 0 Å². The average molecular weight is 399 g/mol. The van der Waals surface area contributed by atoms with Crippen LogP contribution in [-0.4, -0.2) is 37.3 Å². The minimum absolute atomic E-state index is 0.0565. The average Bonchev–Trinajstić information content (AvgIpc) is 2.94. The minimum atomic E-state index is -3.12. The smallest absolute Gasteiger partial charge is 0.339 e. The zero-order valence-electron chi connectivity index (χ0n) is 15.5. The van der Waals surface area contributed by atoms with E-state index in [2.05, 4.69) is 5.32 Å². The lowest BCUT2D eigenvalue weighted by Crippen LogP contribution is -2.47. The molecule has 28 heavy (non-hydrogen) atoms. The Kier molecular flexibility index (Phi) is 4.50. The van der Waals surface area contributed by atoms with Gasteiger partial charge in [-0.15, -0.1) is 0 Å². The van der Waals surface area contributed by atoms with Gasteiger partial charge in [-0.3, -0.25) is 4.79 Å². The molecule has 6 nitrogen and oxygen atoms in total. The molecule has 1 N–H and O–H groups in total. The van der Waals surface area contributed by atoms with Crippen molar-refractivity contribution in [3.63, 3.8) is 0 Å². The van der Waals surface area contributed by atoms with Crippen LogP contribution in [0.5, 0.6) is 0 Å². The normalized spacial score (nSPS) is 25.6. The van der Waals surface area contributed by atoms with Gasteiger partial charge in [0.2, 0.25) is 0 Å². The number of rotatable bonds is 3. The largest absolute Gasteiger partial charge is 0.454 e. The lowest BCUT2D eigenvalue weighted by molar-refractivity contribution is 0.0252. The molecule has 4 rings (SSSR count). The number of hydrogen-bond donors (Lipinski definition) is 1. The zero-order chi connectivity index (χ0) is 19.9. The van der Waals surface area contributed by atoms with Crippen molar-refractivity contribution in [3.05, 3.63) is 70.8 Å². The van der Waals surface area contributed by atoms with Crippen LogP contribution in [0.3, 0.4) is 0 Å². The fourth-order valence-corrected chi connectivity index (χ4v) is 5.94. The van der Waals surface area contributed by atoms with E-state index in [0.29, 0.717) is 24.0 Å². The van der Waals surface area contributed by atoms with E-state index in [1.807, 2.05) is 30.3 Å². The van der Waals surface area contributed by atoms with Crippen LogP contribution >= 0.6 is 0 Å². The minimum Gasteiger partial charge on any atom is -0.454 e. The molecule has 1 amide bonds. The van der Waals surface area contributed by atoms with Crippen LogP contribution in [0.25, 0.3) is 0 Å². The second-order valence-electron chi connectivity index (χ2n) is 7.74. The van der Waals surface area contributed by atoms with Crippen molar-refractivity contribution in [1.82, 2.24) is 5.32 Å². The third kappa shape index (κ3) is 3.67. The van der Waals surface area contributed by atoms with E-state index in [1.54, 1.807) is 25.1 Å². The van der Waals surface area contributed by atoms with Crippen molar-refractivity contribution in [3.8, 4) is 0 Å². The standard InChI is InChI=1S/C21H21NO5S/c1-21(9-10-28(25,26)13-21)22-19(23)15-7-8-17-16(11-15)12-18(27-20(17)24)14-5-3-2-4-6-14/h2-8,11,18H,9-10,12-13H2,1H3,(H,22,23)/t18-,21+/m0/s1. The highest BCUT2D eigenvalue weighted by Gasteiger charge is 2.39. The lowest BCUT2D eigenvalue weighted by Gasteiger charge is -2.26. The van der Waals surface area contributed by atoms with Crippen molar-refractivity contribution in [1.29, 1.82) is 0 Å². The van der Waals surface area contributed by atoms with Gasteiger partial charge in [-0.05, 0) is 42.7 Å². The number of benzene rings is 2. The molecule has 7 heteroatoms. The van der Waals surface area contributed by atoms with Gasteiger partial charge in [0.1, 0.15) is 6.10 Å². The summed E-state index contributed by atoms with van der Waals surface area (Å²) in [5.74, 6) is -0.717. The second-order valence-corrected chi connectivity index (χ2v) is 9.92.